The van der Waals surface area contributed by atoms with Crippen molar-refractivity contribution < 1.29 is 18.0 Å². The minimum absolute atomic E-state index is 0.0864. The molecular formula is C23H20ClN3O4S. The molecule has 164 valence electrons. The molecule has 2 N–H and O–H groups in total. The zero-order valence-electron chi connectivity index (χ0n) is 16.9. The maximum absolute atomic E-state index is 12.8. The summed E-state index contributed by atoms with van der Waals surface area (Å²) in [7, 11) is -3.80. The van der Waals surface area contributed by atoms with E-state index in [1.165, 1.54) is 30.3 Å². The van der Waals surface area contributed by atoms with Crippen molar-refractivity contribution >= 4 is 50.5 Å². The summed E-state index contributed by atoms with van der Waals surface area (Å²) in [5.74, 6) is -0.399. The molecule has 1 aliphatic heterocycles. The van der Waals surface area contributed by atoms with Gasteiger partial charge >= 0.3 is 0 Å². The van der Waals surface area contributed by atoms with E-state index in [0.29, 0.717) is 18.7 Å². The van der Waals surface area contributed by atoms with Crippen LogP contribution in [0.5, 0.6) is 0 Å². The number of hydrogen-bond donors (Lipinski definition) is 2. The third kappa shape index (κ3) is 4.76. The Hall–Kier alpha value is -3.36. The molecule has 0 radical (unpaired) electrons. The second-order valence-electron chi connectivity index (χ2n) is 7.26. The molecule has 0 unspecified atom stereocenters. The van der Waals surface area contributed by atoms with Crippen LogP contribution in [-0.2, 0) is 14.8 Å². The maximum atomic E-state index is 12.8. The lowest BCUT2D eigenvalue weighted by Crippen LogP contribution is -2.23. The molecule has 0 atom stereocenters. The van der Waals surface area contributed by atoms with Crippen LogP contribution >= 0.6 is 11.6 Å². The van der Waals surface area contributed by atoms with Crippen LogP contribution in [0, 0.1) is 0 Å². The molecule has 0 saturated carbocycles. The van der Waals surface area contributed by atoms with E-state index in [2.05, 4.69) is 10.0 Å². The molecule has 32 heavy (non-hydrogen) atoms. The first kappa shape index (κ1) is 21.9. The van der Waals surface area contributed by atoms with Gasteiger partial charge in [0.25, 0.3) is 15.9 Å². The number of nitrogens with one attached hydrogen (secondary N) is 2. The molecule has 0 spiro atoms. The molecule has 1 saturated heterocycles. The molecule has 3 aromatic rings. The van der Waals surface area contributed by atoms with Crippen molar-refractivity contribution in [3.8, 4) is 0 Å². The Morgan fingerprint density at radius 2 is 1.62 bits per heavy atom. The lowest BCUT2D eigenvalue weighted by Gasteiger charge is -2.16. The van der Waals surface area contributed by atoms with Gasteiger partial charge in [0.2, 0.25) is 5.91 Å². The average molecular weight is 470 g/mol. The van der Waals surface area contributed by atoms with Crippen molar-refractivity contribution in [3.63, 3.8) is 0 Å². The molecule has 0 aromatic heterocycles. The number of rotatable bonds is 6. The summed E-state index contributed by atoms with van der Waals surface area (Å²) in [5.41, 5.74) is 1.64. The Kier molecular flexibility index (Phi) is 6.16. The van der Waals surface area contributed by atoms with Crippen LogP contribution in [0.4, 0.5) is 17.1 Å². The third-order valence-electron chi connectivity index (χ3n) is 5.03. The first-order chi connectivity index (χ1) is 15.3. The van der Waals surface area contributed by atoms with E-state index < -0.39 is 15.9 Å². The number of benzene rings is 3. The Balaban J connectivity index is 1.50. The number of halogens is 1. The summed E-state index contributed by atoms with van der Waals surface area (Å²) in [6, 6.07) is 19.2. The second-order valence-corrected chi connectivity index (χ2v) is 9.35. The Labute approximate surface area is 191 Å². The Bertz CT molecular complexity index is 1260. The van der Waals surface area contributed by atoms with Crippen molar-refractivity contribution in [2.45, 2.75) is 17.7 Å². The highest BCUT2D eigenvalue weighted by Crippen LogP contribution is 2.26. The molecule has 1 fully saturated rings. The lowest BCUT2D eigenvalue weighted by atomic mass is 10.2. The smallest absolute Gasteiger partial charge is 0.261 e. The SMILES string of the molecule is O=C(Nc1ccc(N2CCCC2=O)cc1)c1cc(NS(=O)(=O)c2ccccc2)ccc1Cl. The van der Waals surface area contributed by atoms with E-state index in [-0.39, 0.29) is 27.1 Å². The molecule has 9 heteroatoms. The van der Waals surface area contributed by atoms with Gasteiger partial charge in [-0.1, -0.05) is 29.8 Å². The van der Waals surface area contributed by atoms with Gasteiger partial charge in [-0.15, -0.1) is 0 Å². The fraction of sp³-hybridized carbons (Fsp3) is 0.130. The molecule has 0 bridgehead atoms. The van der Waals surface area contributed by atoms with Crippen LogP contribution in [0.1, 0.15) is 23.2 Å². The average Bonchev–Trinajstić information content (AvgIpc) is 3.22. The van der Waals surface area contributed by atoms with Gasteiger partial charge in [-0.05, 0) is 61.0 Å². The molecule has 4 rings (SSSR count). The second kappa shape index (κ2) is 9.02. The van der Waals surface area contributed by atoms with Crippen molar-refractivity contribution in [2.75, 3.05) is 21.5 Å². The van der Waals surface area contributed by atoms with Gasteiger partial charge in [-0.3, -0.25) is 14.3 Å². The largest absolute Gasteiger partial charge is 0.322 e. The number of sulfonamides is 1. The highest BCUT2D eigenvalue weighted by atomic mass is 35.5. The predicted molar refractivity (Wildman–Crippen MR) is 125 cm³/mol. The number of carbonyl (C=O) groups is 2. The quantitative estimate of drug-likeness (QED) is 0.554. The van der Waals surface area contributed by atoms with E-state index in [0.717, 1.165) is 12.1 Å². The van der Waals surface area contributed by atoms with Crippen LogP contribution < -0.4 is 14.9 Å². The van der Waals surface area contributed by atoms with Gasteiger partial charge in [0.15, 0.2) is 0 Å². The summed E-state index contributed by atoms with van der Waals surface area (Å²) in [6.45, 7) is 0.686. The summed E-state index contributed by atoms with van der Waals surface area (Å²) >= 11 is 6.19. The monoisotopic (exact) mass is 469 g/mol. The van der Waals surface area contributed by atoms with Crippen molar-refractivity contribution in [1.29, 1.82) is 0 Å². The van der Waals surface area contributed by atoms with Crippen molar-refractivity contribution in [1.82, 2.24) is 0 Å². The summed E-state index contributed by atoms with van der Waals surface area (Å²) in [4.78, 5) is 26.5. The fourth-order valence-corrected chi connectivity index (χ4v) is 4.69. The van der Waals surface area contributed by atoms with Crippen molar-refractivity contribution in [2.24, 2.45) is 0 Å². The fourth-order valence-electron chi connectivity index (χ4n) is 3.42. The molecule has 1 aliphatic rings. The van der Waals surface area contributed by atoms with Gasteiger partial charge in [0, 0.05) is 30.0 Å². The topological polar surface area (TPSA) is 95.6 Å². The van der Waals surface area contributed by atoms with E-state index in [9.17, 15) is 18.0 Å². The van der Waals surface area contributed by atoms with Gasteiger partial charge in [-0.25, -0.2) is 8.42 Å². The molecule has 1 heterocycles. The minimum Gasteiger partial charge on any atom is -0.322 e. The molecule has 2 amide bonds. The van der Waals surface area contributed by atoms with E-state index in [1.54, 1.807) is 47.4 Å². The predicted octanol–water partition coefficient (Wildman–Crippen LogP) is 4.52. The summed E-state index contributed by atoms with van der Waals surface area (Å²) in [5, 5.41) is 2.93. The molecule has 3 aromatic carbocycles. The van der Waals surface area contributed by atoms with Crippen LogP contribution in [0.25, 0.3) is 0 Å². The van der Waals surface area contributed by atoms with Crippen LogP contribution in [0.3, 0.4) is 0 Å². The zero-order chi connectivity index (χ0) is 22.7. The van der Waals surface area contributed by atoms with Gasteiger partial charge in [0.05, 0.1) is 15.5 Å². The first-order valence-corrected chi connectivity index (χ1v) is 11.8. The van der Waals surface area contributed by atoms with E-state index in [1.807, 2.05) is 0 Å². The lowest BCUT2D eigenvalue weighted by molar-refractivity contribution is -0.117. The molecular weight excluding hydrogens is 450 g/mol. The normalized spacial score (nSPS) is 13.8. The minimum atomic E-state index is -3.80. The third-order valence-corrected chi connectivity index (χ3v) is 6.75. The number of nitrogens with zero attached hydrogens (tertiary/aromatic N) is 1. The number of amides is 2. The summed E-state index contributed by atoms with van der Waals surface area (Å²) in [6.07, 6.45) is 1.38. The highest BCUT2D eigenvalue weighted by molar-refractivity contribution is 7.92. The van der Waals surface area contributed by atoms with E-state index >= 15 is 0 Å². The zero-order valence-corrected chi connectivity index (χ0v) is 18.5. The maximum Gasteiger partial charge on any atom is 0.261 e. The van der Waals surface area contributed by atoms with E-state index in [4.69, 9.17) is 11.6 Å². The highest BCUT2D eigenvalue weighted by Gasteiger charge is 2.21. The van der Waals surface area contributed by atoms with Gasteiger partial charge in [-0.2, -0.15) is 0 Å². The van der Waals surface area contributed by atoms with Crippen LogP contribution in [0.15, 0.2) is 77.7 Å². The van der Waals surface area contributed by atoms with Gasteiger partial charge < -0.3 is 10.2 Å². The molecule has 7 nitrogen and oxygen atoms in total. The number of carbonyl (C=O) groups excluding carboxylic acids is 2. The number of hydrogen-bond acceptors (Lipinski definition) is 4. The van der Waals surface area contributed by atoms with Gasteiger partial charge in [0.1, 0.15) is 0 Å². The van der Waals surface area contributed by atoms with Crippen molar-refractivity contribution in [3.05, 3.63) is 83.4 Å². The van der Waals surface area contributed by atoms with Crippen LogP contribution in [0.2, 0.25) is 5.02 Å². The van der Waals surface area contributed by atoms with Crippen LogP contribution in [-0.4, -0.2) is 26.8 Å². The summed E-state index contributed by atoms with van der Waals surface area (Å²) < 4.78 is 27.6. The molecule has 0 aliphatic carbocycles. The first-order valence-electron chi connectivity index (χ1n) is 9.93. The standard InChI is InChI=1S/C23H20ClN3O4S/c24-21-13-10-17(26-32(30,31)19-5-2-1-3-6-19)15-20(21)23(29)25-16-8-11-18(12-9-16)27-14-4-7-22(27)28/h1-3,5-6,8-13,15,26H,4,7,14H2,(H,25,29). The Morgan fingerprint density at radius 1 is 0.938 bits per heavy atom. The Morgan fingerprint density at radius 3 is 2.28 bits per heavy atom. The number of anilines is 3.